The zero-order valence-corrected chi connectivity index (χ0v) is 35.5. The van der Waals surface area contributed by atoms with E-state index in [-0.39, 0.29) is 23.9 Å². The Kier molecular flexibility index (Phi) is 9.71. The van der Waals surface area contributed by atoms with Gasteiger partial charge in [-0.2, -0.15) is 0 Å². The van der Waals surface area contributed by atoms with Crippen LogP contribution in [0.2, 0.25) is 0 Å². The first-order chi connectivity index (χ1) is 31.7. The average molecular weight is 824 g/mol. The summed E-state index contributed by atoms with van der Waals surface area (Å²) in [5, 5.41) is 0. The summed E-state index contributed by atoms with van der Waals surface area (Å²) < 4.78 is 13.2. The molecule has 5 unspecified atom stereocenters. The van der Waals surface area contributed by atoms with Crippen molar-refractivity contribution >= 4 is 24.3 Å². The molecule has 0 radical (unpaired) electrons. The van der Waals surface area contributed by atoms with E-state index in [2.05, 4.69) is 235 Å². The lowest BCUT2D eigenvalue weighted by Gasteiger charge is -2.32. The van der Waals surface area contributed by atoms with Crippen LogP contribution in [0.3, 0.4) is 0 Å². The first-order valence-electron chi connectivity index (χ1n) is 22.6. The van der Waals surface area contributed by atoms with Crippen LogP contribution in [0.1, 0.15) is 40.8 Å². The van der Waals surface area contributed by atoms with Crippen molar-refractivity contribution in [2.75, 3.05) is 4.90 Å². The van der Waals surface area contributed by atoms with Gasteiger partial charge in [0.25, 0.3) is 0 Å². The van der Waals surface area contributed by atoms with E-state index >= 15 is 0 Å². The number of nitrogens with zero attached hydrogens (tertiary/aromatic N) is 1. The van der Waals surface area contributed by atoms with E-state index in [0.29, 0.717) is 5.92 Å². The van der Waals surface area contributed by atoms with Crippen molar-refractivity contribution in [2.24, 2.45) is 0 Å². The lowest BCUT2D eigenvalue weighted by molar-refractivity contribution is 0.176. The Hall–Kier alpha value is -7.56. The summed E-state index contributed by atoms with van der Waals surface area (Å²) in [7, 11) is 0.903. The highest BCUT2D eigenvalue weighted by Gasteiger charge is 2.34. The molecule has 6 aromatic carbocycles. The largest absolute Gasteiger partial charge is 0.486 e. The molecule has 0 aromatic heterocycles. The van der Waals surface area contributed by atoms with Crippen molar-refractivity contribution in [1.29, 1.82) is 0 Å². The number of fused-ring (bicyclic) bond motifs is 5. The monoisotopic (exact) mass is 823 g/mol. The van der Waals surface area contributed by atoms with Crippen LogP contribution in [0.15, 0.2) is 247 Å². The van der Waals surface area contributed by atoms with Crippen LogP contribution >= 0.6 is 0 Å². The highest BCUT2D eigenvalue weighted by molar-refractivity contribution is 6.45. The highest BCUT2D eigenvalue weighted by Crippen LogP contribution is 2.48. The van der Waals surface area contributed by atoms with Crippen LogP contribution in [0.4, 0.5) is 17.1 Å². The van der Waals surface area contributed by atoms with Gasteiger partial charge in [-0.3, -0.25) is 0 Å². The predicted molar refractivity (Wildman–Crippen MR) is 266 cm³/mol. The van der Waals surface area contributed by atoms with Gasteiger partial charge in [0.15, 0.2) is 7.28 Å². The van der Waals surface area contributed by atoms with E-state index < -0.39 is 0 Å². The zero-order chi connectivity index (χ0) is 42.4. The topological polar surface area (TPSA) is 21.7 Å². The summed E-state index contributed by atoms with van der Waals surface area (Å²) in [6.07, 6.45) is 31.5. The summed E-state index contributed by atoms with van der Waals surface area (Å²) in [4.78, 5) is 2.37. The maximum Gasteiger partial charge on any atom is 0.165 e. The molecular formula is C60H46BNO2. The van der Waals surface area contributed by atoms with E-state index in [0.717, 1.165) is 53.4 Å². The smallest absolute Gasteiger partial charge is 0.165 e. The van der Waals surface area contributed by atoms with Gasteiger partial charge in [0.05, 0.1) is 0 Å². The summed E-state index contributed by atoms with van der Waals surface area (Å²) in [6.45, 7) is 0. The van der Waals surface area contributed by atoms with E-state index in [4.69, 9.17) is 9.47 Å². The maximum atomic E-state index is 6.64. The number of allylic oxidation sites excluding steroid dienone is 13. The summed E-state index contributed by atoms with van der Waals surface area (Å²) in [6, 6.07) is 51.6. The molecule has 2 bridgehead atoms. The van der Waals surface area contributed by atoms with E-state index in [1.807, 2.05) is 0 Å². The second-order valence-electron chi connectivity index (χ2n) is 17.4. The van der Waals surface area contributed by atoms with Gasteiger partial charge in [0.1, 0.15) is 23.7 Å². The molecule has 0 fully saturated rings. The van der Waals surface area contributed by atoms with Gasteiger partial charge in [-0.1, -0.05) is 164 Å². The third kappa shape index (κ3) is 7.06. The zero-order valence-electron chi connectivity index (χ0n) is 35.5. The van der Waals surface area contributed by atoms with Gasteiger partial charge in [-0.25, -0.2) is 0 Å². The quantitative estimate of drug-likeness (QED) is 0.143. The lowest BCUT2D eigenvalue weighted by Crippen LogP contribution is -2.24. The summed E-state index contributed by atoms with van der Waals surface area (Å²) in [5.74, 6) is 5.09. The van der Waals surface area contributed by atoms with Crippen molar-refractivity contribution in [2.45, 2.75) is 36.3 Å². The molecule has 0 amide bonds. The third-order valence-electron chi connectivity index (χ3n) is 13.5. The lowest BCUT2D eigenvalue weighted by atomic mass is 9.57. The van der Waals surface area contributed by atoms with Crippen LogP contribution in [0.5, 0.6) is 5.75 Å². The average Bonchev–Trinajstić information content (AvgIpc) is 3.64. The molecule has 3 nitrogen and oxygen atoms in total. The molecular weight excluding hydrogens is 777 g/mol. The second kappa shape index (κ2) is 16.3. The Morgan fingerprint density at radius 3 is 2.00 bits per heavy atom. The molecule has 6 aliphatic rings. The minimum atomic E-state index is -0.0478. The fourth-order valence-electron chi connectivity index (χ4n) is 10.2. The summed E-state index contributed by atoms with van der Waals surface area (Å²) >= 11 is 0. The molecule has 64 heavy (non-hydrogen) atoms. The molecule has 0 saturated heterocycles. The molecule has 3 aliphatic carbocycles. The fourth-order valence-corrected chi connectivity index (χ4v) is 10.2. The Labute approximate surface area is 376 Å². The second-order valence-corrected chi connectivity index (χ2v) is 17.4. The normalized spacial score (nSPS) is 21.8. The van der Waals surface area contributed by atoms with Crippen molar-refractivity contribution in [3.63, 3.8) is 0 Å². The van der Waals surface area contributed by atoms with Gasteiger partial charge in [0.2, 0.25) is 0 Å². The van der Waals surface area contributed by atoms with E-state index in [9.17, 15) is 0 Å². The molecule has 6 aromatic rings. The minimum Gasteiger partial charge on any atom is -0.486 e. The van der Waals surface area contributed by atoms with Gasteiger partial charge < -0.3 is 14.4 Å². The summed E-state index contributed by atoms with van der Waals surface area (Å²) in [5.41, 5.74) is 16.7. The molecule has 5 atom stereocenters. The van der Waals surface area contributed by atoms with Crippen molar-refractivity contribution < 1.29 is 9.47 Å². The number of ether oxygens (including phenoxy) is 2. The molecule has 0 spiro atoms. The molecule has 3 aliphatic heterocycles. The standard InChI is InChI=1S/C60H46BNO2/c1-3-12-40(13-4-1)46-36-47(41-14-5-2-6-15-41)38-48(37-46)42-22-28-49(29-23-42)62(50-30-24-43(25-31-50)53-19-11-20-56-55-18-9-10-21-57(55)64-59(53)56)51-32-26-44(27-33-51)58-60-54(34-35-61-58)45-16-7-8-17-52(39-45)63-60/h1-14,16-39,41,52,55,57-58,61H,15H2. The molecule has 0 saturated carbocycles. The molecule has 3 heterocycles. The molecule has 4 heteroatoms. The Morgan fingerprint density at radius 1 is 0.531 bits per heavy atom. The highest BCUT2D eigenvalue weighted by atomic mass is 16.5. The van der Waals surface area contributed by atoms with Crippen molar-refractivity contribution in [3.05, 3.63) is 264 Å². The number of hydrogen-bond donors (Lipinski definition) is 0. The van der Waals surface area contributed by atoms with Gasteiger partial charge in [0, 0.05) is 51.4 Å². The number of rotatable bonds is 8. The van der Waals surface area contributed by atoms with Crippen LogP contribution in [0, 0.1) is 0 Å². The number of anilines is 3. The fraction of sp³-hybridized carbons (Fsp3) is 0.100. The minimum absolute atomic E-state index is 0.0441. The van der Waals surface area contributed by atoms with Gasteiger partial charge >= 0.3 is 0 Å². The Morgan fingerprint density at radius 2 is 1.23 bits per heavy atom. The van der Waals surface area contributed by atoms with E-state index in [1.165, 1.54) is 50.1 Å². The first-order valence-corrected chi connectivity index (χ1v) is 22.6. The van der Waals surface area contributed by atoms with Crippen LogP contribution in [0.25, 0.3) is 33.4 Å². The molecule has 306 valence electrons. The first kappa shape index (κ1) is 38.1. The predicted octanol–water partition coefficient (Wildman–Crippen LogP) is 14.4. The number of benzene rings is 6. The van der Waals surface area contributed by atoms with Crippen molar-refractivity contribution in [1.82, 2.24) is 0 Å². The SMILES string of the molecule is B1C=CC2=C(OC3C=CC=CC2=C3)C1c1ccc(N(c2ccc(-c3cc(-c4ccccc4)cc(C4C=CC=CC4)c3)cc2)c2ccc(-c3cccc4c3OC3C=CC=CC43)cc2)cc1. The van der Waals surface area contributed by atoms with Crippen LogP contribution in [-0.2, 0) is 4.74 Å². The van der Waals surface area contributed by atoms with Crippen LogP contribution in [-0.4, -0.2) is 19.5 Å². The Bertz CT molecular complexity index is 3050. The van der Waals surface area contributed by atoms with Gasteiger partial charge in [-0.15, -0.1) is 5.98 Å². The maximum absolute atomic E-state index is 6.64. The van der Waals surface area contributed by atoms with Crippen LogP contribution < -0.4 is 9.64 Å². The third-order valence-corrected chi connectivity index (χ3v) is 13.5. The van der Waals surface area contributed by atoms with Crippen molar-refractivity contribution in [3.8, 4) is 39.1 Å². The van der Waals surface area contributed by atoms with Gasteiger partial charge in [-0.05, 0) is 112 Å². The number of hydrogen-bond acceptors (Lipinski definition) is 3. The molecule has 0 N–H and O–H groups in total. The Balaban J connectivity index is 0.910. The van der Waals surface area contributed by atoms with E-state index in [1.54, 1.807) is 0 Å². The number of para-hydroxylation sites is 1. The molecule has 12 rings (SSSR count).